The van der Waals surface area contributed by atoms with Crippen molar-refractivity contribution in [3.05, 3.63) is 59.7 Å². The van der Waals surface area contributed by atoms with Gasteiger partial charge >= 0.3 is 0 Å². The number of amides is 2. The third kappa shape index (κ3) is 8.79. The molecule has 0 spiro atoms. The first-order valence-electron chi connectivity index (χ1n) is 11.7. The van der Waals surface area contributed by atoms with Gasteiger partial charge in [0.2, 0.25) is 11.8 Å². The van der Waals surface area contributed by atoms with Gasteiger partial charge in [0.1, 0.15) is 17.5 Å². The van der Waals surface area contributed by atoms with E-state index in [2.05, 4.69) is 19.2 Å². The fraction of sp³-hybridized carbons (Fsp3) is 0.481. The minimum Gasteiger partial charge on any atom is -0.497 e. The summed E-state index contributed by atoms with van der Waals surface area (Å²) >= 11 is 0. The summed E-state index contributed by atoms with van der Waals surface area (Å²) in [4.78, 5) is 27.8. The second-order valence-corrected chi connectivity index (χ2v) is 8.70. The van der Waals surface area contributed by atoms with Crippen LogP contribution >= 0.6 is 0 Å². The van der Waals surface area contributed by atoms with Crippen LogP contribution in [0, 0.1) is 12.8 Å². The van der Waals surface area contributed by atoms with E-state index in [0.29, 0.717) is 44.9 Å². The Morgan fingerprint density at radius 2 is 1.64 bits per heavy atom. The van der Waals surface area contributed by atoms with Crippen molar-refractivity contribution in [3.8, 4) is 11.5 Å². The van der Waals surface area contributed by atoms with Crippen molar-refractivity contribution < 1.29 is 19.1 Å². The zero-order chi connectivity index (χ0) is 24.2. The van der Waals surface area contributed by atoms with Crippen molar-refractivity contribution in [1.82, 2.24) is 10.2 Å². The average Bonchev–Trinajstić information content (AvgIpc) is 2.81. The van der Waals surface area contributed by atoms with Gasteiger partial charge in [0, 0.05) is 19.5 Å². The molecule has 0 bridgehead atoms. The van der Waals surface area contributed by atoms with Gasteiger partial charge in [-0.1, -0.05) is 50.6 Å². The predicted octanol–water partition coefficient (Wildman–Crippen LogP) is 4.74. The Morgan fingerprint density at radius 3 is 2.21 bits per heavy atom. The topological polar surface area (TPSA) is 67.9 Å². The Bertz CT molecular complexity index is 863. The van der Waals surface area contributed by atoms with Crippen LogP contribution in [0.4, 0.5) is 0 Å². The summed E-state index contributed by atoms with van der Waals surface area (Å²) in [6, 6.07) is 15.0. The van der Waals surface area contributed by atoms with E-state index in [9.17, 15) is 9.59 Å². The molecule has 2 rings (SSSR count). The van der Waals surface area contributed by atoms with Gasteiger partial charge in [-0.2, -0.15) is 0 Å². The summed E-state index contributed by atoms with van der Waals surface area (Å²) in [5.41, 5.74) is 2.17. The maximum Gasteiger partial charge on any atom is 0.242 e. The van der Waals surface area contributed by atoms with Gasteiger partial charge < -0.3 is 19.7 Å². The number of ether oxygens (including phenoxy) is 2. The molecule has 1 N–H and O–H groups in total. The first kappa shape index (κ1) is 26.2. The third-order valence-electron chi connectivity index (χ3n) is 5.41. The lowest BCUT2D eigenvalue weighted by Crippen LogP contribution is -2.49. The van der Waals surface area contributed by atoms with Gasteiger partial charge in [-0.3, -0.25) is 9.59 Å². The summed E-state index contributed by atoms with van der Waals surface area (Å²) in [7, 11) is 1.62. The summed E-state index contributed by atoms with van der Waals surface area (Å²) in [5.74, 6) is 1.72. The van der Waals surface area contributed by atoms with Gasteiger partial charge in [0.05, 0.1) is 13.7 Å². The van der Waals surface area contributed by atoms with Gasteiger partial charge in [-0.25, -0.2) is 0 Å². The van der Waals surface area contributed by atoms with Crippen LogP contribution in [0.3, 0.4) is 0 Å². The molecule has 2 aromatic carbocycles. The smallest absolute Gasteiger partial charge is 0.242 e. The minimum atomic E-state index is -0.500. The first-order valence-corrected chi connectivity index (χ1v) is 11.7. The number of carbonyl (C=O) groups is 2. The van der Waals surface area contributed by atoms with Crippen molar-refractivity contribution in [3.63, 3.8) is 0 Å². The Morgan fingerprint density at radius 1 is 1.00 bits per heavy atom. The summed E-state index contributed by atoms with van der Waals surface area (Å²) in [5, 5.41) is 2.99. The lowest BCUT2D eigenvalue weighted by Gasteiger charge is -2.31. The number of methoxy groups -OCH3 is 1. The molecule has 0 radical (unpaired) electrons. The van der Waals surface area contributed by atoms with Crippen molar-refractivity contribution in [2.45, 2.75) is 59.5 Å². The first-order chi connectivity index (χ1) is 15.8. The summed E-state index contributed by atoms with van der Waals surface area (Å²) < 4.78 is 10.9. The van der Waals surface area contributed by atoms with Crippen molar-refractivity contribution in [2.75, 3.05) is 20.3 Å². The zero-order valence-corrected chi connectivity index (χ0v) is 20.6. The zero-order valence-electron chi connectivity index (χ0n) is 20.6. The molecule has 0 aromatic heterocycles. The number of nitrogens with zero attached hydrogens (tertiary/aromatic N) is 1. The van der Waals surface area contributed by atoms with Crippen molar-refractivity contribution >= 4 is 11.8 Å². The maximum atomic E-state index is 13.2. The highest BCUT2D eigenvalue weighted by Gasteiger charge is 2.28. The molecule has 6 nitrogen and oxygen atoms in total. The molecular weight excluding hydrogens is 416 g/mol. The largest absolute Gasteiger partial charge is 0.497 e. The molecule has 180 valence electrons. The van der Waals surface area contributed by atoms with Crippen molar-refractivity contribution in [2.24, 2.45) is 5.92 Å². The quantitative estimate of drug-likeness (QED) is 0.444. The lowest BCUT2D eigenvalue weighted by molar-refractivity contribution is -0.141. The number of hydrogen-bond donors (Lipinski definition) is 1. The molecule has 0 unspecified atom stereocenters. The number of aryl methyl sites for hydroxylation is 1. The molecule has 6 heteroatoms. The van der Waals surface area contributed by atoms with Crippen LogP contribution in [0.15, 0.2) is 48.5 Å². The molecule has 2 amide bonds. The lowest BCUT2D eigenvalue weighted by atomic mass is 10.1. The highest BCUT2D eigenvalue weighted by molar-refractivity contribution is 5.87. The number of rotatable bonds is 13. The van der Waals surface area contributed by atoms with E-state index in [0.717, 1.165) is 22.6 Å². The number of hydrogen-bond acceptors (Lipinski definition) is 4. The molecule has 0 saturated carbocycles. The standard InChI is InChI=1S/C27H38N2O4/c1-6-25(27(31)28-18-20(2)3)29(19-22-11-9-21(4)10-12-22)26(30)8-7-17-33-24-15-13-23(32-5)14-16-24/h9-16,20,25H,6-8,17-19H2,1-5H3,(H,28,31)/t25-/m1/s1. The molecule has 0 aliphatic rings. The number of carbonyl (C=O) groups excluding carboxylic acids is 2. The van der Waals surface area contributed by atoms with Crippen LogP contribution < -0.4 is 14.8 Å². The second kappa shape index (κ2) is 13.5. The normalized spacial score (nSPS) is 11.7. The number of benzene rings is 2. The van der Waals surface area contributed by atoms with Crippen LogP contribution in [0.2, 0.25) is 0 Å². The molecule has 0 aliphatic heterocycles. The van der Waals surface area contributed by atoms with E-state index < -0.39 is 6.04 Å². The van der Waals surface area contributed by atoms with Gasteiger partial charge in [-0.05, 0) is 55.5 Å². The molecule has 1 atom stereocenters. The molecule has 0 fully saturated rings. The molecular formula is C27H38N2O4. The van der Waals surface area contributed by atoms with E-state index in [1.165, 1.54) is 0 Å². The van der Waals surface area contributed by atoms with Crippen LogP contribution in [-0.2, 0) is 16.1 Å². The minimum absolute atomic E-state index is 0.0412. The van der Waals surface area contributed by atoms with E-state index >= 15 is 0 Å². The van der Waals surface area contributed by atoms with Crippen molar-refractivity contribution in [1.29, 1.82) is 0 Å². The van der Waals surface area contributed by atoms with E-state index in [-0.39, 0.29) is 11.8 Å². The van der Waals surface area contributed by atoms with E-state index in [1.54, 1.807) is 12.0 Å². The number of nitrogens with one attached hydrogen (secondary N) is 1. The molecule has 0 aliphatic carbocycles. The van der Waals surface area contributed by atoms with E-state index in [4.69, 9.17) is 9.47 Å². The Balaban J connectivity index is 2.02. The van der Waals surface area contributed by atoms with Crippen LogP contribution in [0.1, 0.15) is 51.2 Å². The Hall–Kier alpha value is -3.02. The molecule has 2 aromatic rings. The van der Waals surface area contributed by atoms with Crippen LogP contribution in [0.25, 0.3) is 0 Å². The van der Waals surface area contributed by atoms with E-state index in [1.807, 2.05) is 62.4 Å². The van der Waals surface area contributed by atoms with Gasteiger partial charge in [0.25, 0.3) is 0 Å². The molecule has 33 heavy (non-hydrogen) atoms. The average molecular weight is 455 g/mol. The summed E-state index contributed by atoms with van der Waals surface area (Å²) in [6.07, 6.45) is 1.44. The predicted molar refractivity (Wildman–Crippen MR) is 131 cm³/mol. The van der Waals surface area contributed by atoms with Crippen LogP contribution in [-0.4, -0.2) is 43.0 Å². The molecule has 0 saturated heterocycles. The highest BCUT2D eigenvalue weighted by Crippen LogP contribution is 2.18. The summed E-state index contributed by atoms with van der Waals surface area (Å²) in [6.45, 7) is 9.51. The highest BCUT2D eigenvalue weighted by atomic mass is 16.5. The SMILES string of the molecule is CC[C@H](C(=O)NCC(C)C)N(Cc1ccc(C)cc1)C(=O)CCCOc1ccc(OC)cc1. The fourth-order valence-corrected chi connectivity index (χ4v) is 3.46. The third-order valence-corrected chi connectivity index (χ3v) is 5.41. The fourth-order valence-electron chi connectivity index (χ4n) is 3.46. The second-order valence-electron chi connectivity index (χ2n) is 8.70. The van der Waals surface area contributed by atoms with Crippen LogP contribution in [0.5, 0.6) is 11.5 Å². The molecule has 0 heterocycles. The Kier molecular flexibility index (Phi) is 10.7. The van der Waals surface area contributed by atoms with Gasteiger partial charge in [-0.15, -0.1) is 0 Å². The monoisotopic (exact) mass is 454 g/mol. The Labute approximate surface area is 198 Å². The van der Waals surface area contributed by atoms with Gasteiger partial charge in [0.15, 0.2) is 0 Å². The maximum absolute atomic E-state index is 13.2.